The van der Waals surface area contributed by atoms with E-state index in [9.17, 15) is 0 Å². The van der Waals surface area contributed by atoms with Crippen LogP contribution in [0.2, 0.25) is 5.02 Å². The van der Waals surface area contributed by atoms with Gasteiger partial charge in [0.15, 0.2) is 0 Å². The summed E-state index contributed by atoms with van der Waals surface area (Å²) < 4.78 is 10.4. The van der Waals surface area contributed by atoms with Gasteiger partial charge in [-0.15, -0.1) is 0 Å². The normalized spacial score (nSPS) is 12.5. The van der Waals surface area contributed by atoms with Crippen molar-refractivity contribution in [3.63, 3.8) is 0 Å². The van der Waals surface area contributed by atoms with Crippen LogP contribution in [-0.4, -0.2) is 40.0 Å². The first-order chi connectivity index (χ1) is 9.13. The van der Waals surface area contributed by atoms with Crippen LogP contribution in [0.15, 0.2) is 18.2 Å². The Labute approximate surface area is 120 Å². The molecule has 5 heteroatoms. The zero-order valence-corrected chi connectivity index (χ0v) is 12.6. The average Bonchev–Trinajstić information content (AvgIpc) is 2.40. The summed E-state index contributed by atoms with van der Waals surface area (Å²) in [6.45, 7) is 4.64. The minimum absolute atomic E-state index is 0.223. The lowest BCUT2D eigenvalue weighted by Crippen LogP contribution is -2.38. The number of halogens is 1. The molecule has 0 heterocycles. The van der Waals surface area contributed by atoms with Gasteiger partial charge in [-0.05, 0) is 24.6 Å². The Morgan fingerprint density at radius 1 is 1.32 bits per heavy atom. The van der Waals surface area contributed by atoms with Crippen molar-refractivity contribution >= 4 is 17.3 Å². The fourth-order valence-corrected chi connectivity index (χ4v) is 2.32. The highest BCUT2D eigenvalue weighted by atomic mass is 35.5. The summed E-state index contributed by atoms with van der Waals surface area (Å²) in [4.78, 5) is 2.19. The van der Waals surface area contributed by atoms with Crippen molar-refractivity contribution in [2.75, 3.05) is 38.9 Å². The third-order valence-corrected chi connectivity index (χ3v) is 3.34. The van der Waals surface area contributed by atoms with Crippen molar-refractivity contribution in [2.45, 2.75) is 19.5 Å². The van der Waals surface area contributed by atoms with E-state index in [0.717, 1.165) is 17.8 Å². The van der Waals surface area contributed by atoms with Gasteiger partial charge in [0.05, 0.1) is 23.9 Å². The Morgan fingerprint density at radius 3 is 2.58 bits per heavy atom. The first-order valence-corrected chi connectivity index (χ1v) is 6.74. The minimum Gasteiger partial charge on any atom is -0.383 e. The van der Waals surface area contributed by atoms with Crippen molar-refractivity contribution in [1.29, 1.82) is 0 Å². The van der Waals surface area contributed by atoms with Crippen molar-refractivity contribution in [3.05, 3.63) is 28.8 Å². The molecule has 1 atom stereocenters. The second-order valence-electron chi connectivity index (χ2n) is 4.48. The highest BCUT2D eigenvalue weighted by molar-refractivity contribution is 6.33. The summed E-state index contributed by atoms with van der Waals surface area (Å²) in [5.74, 6) is 0. The molecule has 2 N–H and O–H groups in total. The van der Waals surface area contributed by atoms with Gasteiger partial charge < -0.3 is 20.1 Å². The molecule has 1 rings (SSSR count). The highest BCUT2D eigenvalue weighted by Crippen LogP contribution is 2.28. The first kappa shape index (κ1) is 16.2. The van der Waals surface area contributed by atoms with Gasteiger partial charge in [-0.1, -0.05) is 17.7 Å². The number of ether oxygens (including phenoxy) is 2. The maximum atomic E-state index is 6.35. The van der Waals surface area contributed by atoms with E-state index in [1.54, 1.807) is 14.2 Å². The third-order valence-electron chi connectivity index (χ3n) is 3.03. The molecule has 108 valence electrons. The molecule has 0 radical (unpaired) electrons. The van der Waals surface area contributed by atoms with Crippen LogP contribution in [0.3, 0.4) is 0 Å². The smallest absolute Gasteiger partial charge is 0.0663 e. The maximum absolute atomic E-state index is 6.35. The zero-order chi connectivity index (χ0) is 14.3. The van der Waals surface area contributed by atoms with Crippen LogP contribution in [0.1, 0.15) is 12.5 Å². The third kappa shape index (κ3) is 4.66. The number of rotatable bonds is 8. The molecule has 0 saturated heterocycles. The molecular formula is C14H23ClN2O2. The van der Waals surface area contributed by atoms with Crippen LogP contribution in [0, 0.1) is 0 Å². The number of nitrogens with two attached hydrogens (primary N) is 1. The van der Waals surface area contributed by atoms with E-state index in [-0.39, 0.29) is 6.04 Å². The Kier molecular flexibility index (Phi) is 7.16. The molecule has 1 aromatic rings. The van der Waals surface area contributed by atoms with E-state index in [1.807, 2.05) is 18.2 Å². The van der Waals surface area contributed by atoms with Crippen LogP contribution < -0.4 is 10.6 Å². The second kappa shape index (κ2) is 8.38. The van der Waals surface area contributed by atoms with E-state index in [0.29, 0.717) is 24.8 Å². The molecule has 0 aromatic heterocycles. The molecule has 0 aliphatic carbocycles. The van der Waals surface area contributed by atoms with Gasteiger partial charge in [-0.2, -0.15) is 0 Å². The van der Waals surface area contributed by atoms with Crippen LogP contribution >= 0.6 is 11.6 Å². The molecule has 1 aromatic carbocycles. The number of methoxy groups -OCH3 is 2. The van der Waals surface area contributed by atoms with Crippen molar-refractivity contribution < 1.29 is 9.47 Å². The monoisotopic (exact) mass is 286 g/mol. The first-order valence-electron chi connectivity index (χ1n) is 6.37. The molecule has 0 spiro atoms. The standard InChI is InChI=1S/C14H23ClN2O2/c1-11(10-19-3)17(6-7-18-2)14-5-4-12(9-16)8-13(14)15/h4-5,8,11H,6-7,9-10,16H2,1-3H3. The zero-order valence-electron chi connectivity index (χ0n) is 11.9. The van der Waals surface area contributed by atoms with Gasteiger partial charge in [0.1, 0.15) is 0 Å². The quantitative estimate of drug-likeness (QED) is 0.796. The SMILES string of the molecule is COCCN(c1ccc(CN)cc1Cl)C(C)COC. The molecule has 0 fully saturated rings. The van der Waals surface area contributed by atoms with E-state index in [2.05, 4.69) is 11.8 Å². The fraction of sp³-hybridized carbons (Fsp3) is 0.571. The lowest BCUT2D eigenvalue weighted by atomic mass is 10.1. The van der Waals surface area contributed by atoms with Crippen LogP contribution in [0.25, 0.3) is 0 Å². The van der Waals surface area contributed by atoms with E-state index in [4.69, 9.17) is 26.8 Å². The predicted octanol–water partition coefficient (Wildman–Crippen LogP) is 2.29. The number of nitrogens with zero attached hydrogens (tertiary/aromatic N) is 1. The van der Waals surface area contributed by atoms with Gasteiger partial charge in [0.25, 0.3) is 0 Å². The lowest BCUT2D eigenvalue weighted by molar-refractivity contribution is 0.171. The van der Waals surface area contributed by atoms with E-state index >= 15 is 0 Å². The predicted molar refractivity (Wildman–Crippen MR) is 79.9 cm³/mol. The molecule has 4 nitrogen and oxygen atoms in total. The number of benzene rings is 1. The lowest BCUT2D eigenvalue weighted by Gasteiger charge is -2.31. The summed E-state index contributed by atoms with van der Waals surface area (Å²) in [7, 11) is 3.39. The van der Waals surface area contributed by atoms with Gasteiger partial charge in [-0.25, -0.2) is 0 Å². The fourth-order valence-electron chi connectivity index (χ4n) is 2.01. The number of anilines is 1. The molecule has 0 saturated carbocycles. The topological polar surface area (TPSA) is 47.7 Å². The Morgan fingerprint density at radius 2 is 2.05 bits per heavy atom. The Bertz CT molecular complexity index is 388. The van der Waals surface area contributed by atoms with Crippen LogP contribution in [-0.2, 0) is 16.0 Å². The van der Waals surface area contributed by atoms with E-state index < -0.39 is 0 Å². The summed E-state index contributed by atoms with van der Waals surface area (Å²) >= 11 is 6.35. The van der Waals surface area contributed by atoms with Crippen LogP contribution in [0.5, 0.6) is 0 Å². The Balaban J connectivity index is 2.95. The average molecular weight is 287 g/mol. The summed E-state index contributed by atoms with van der Waals surface area (Å²) in [6, 6.07) is 6.14. The van der Waals surface area contributed by atoms with Gasteiger partial charge in [-0.3, -0.25) is 0 Å². The Hall–Kier alpha value is -0.810. The van der Waals surface area contributed by atoms with Crippen molar-refractivity contribution in [1.82, 2.24) is 0 Å². The van der Waals surface area contributed by atoms with Gasteiger partial charge >= 0.3 is 0 Å². The molecular weight excluding hydrogens is 264 g/mol. The van der Waals surface area contributed by atoms with Gasteiger partial charge in [0, 0.05) is 33.4 Å². The van der Waals surface area contributed by atoms with Crippen molar-refractivity contribution in [3.8, 4) is 0 Å². The molecule has 1 unspecified atom stereocenters. The maximum Gasteiger partial charge on any atom is 0.0663 e. The van der Waals surface area contributed by atoms with E-state index in [1.165, 1.54) is 0 Å². The van der Waals surface area contributed by atoms with Crippen molar-refractivity contribution in [2.24, 2.45) is 5.73 Å². The molecule has 0 bridgehead atoms. The molecule has 0 amide bonds. The van der Waals surface area contributed by atoms with Crippen LogP contribution in [0.4, 0.5) is 5.69 Å². The largest absolute Gasteiger partial charge is 0.383 e. The summed E-state index contributed by atoms with van der Waals surface area (Å²) in [5.41, 5.74) is 7.63. The molecule has 19 heavy (non-hydrogen) atoms. The minimum atomic E-state index is 0.223. The second-order valence-corrected chi connectivity index (χ2v) is 4.89. The summed E-state index contributed by atoms with van der Waals surface area (Å²) in [5, 5.41) is 0.710. The highest BCUT2D eigenvalue weighted by Gasteiger charge is 2.17. The summed E-state index contributed by atoms with van der Waals surface area (Å²) in [6.07, 6.45) is 0. The van der Waals surface area contributed by atoms with Gasteiger partial charge in [0.2, 0.25) is 0 Å². The number of hydrogen-bond donors (Lipinski definition) is 1. The molecule has 0 aliphatic heterocycles. The number of hydrogen-bond acceptors (Lipinski definition) is 4. The molecule has 0 aliphatic rings.